The van der Waals surface area contributed by atoms with Gasteiger partial charge in [0.1, 0.15) is 27.9 Å². The van der Waals surface area contributed by atoms with E-state index in [1.54, 1.807) is 51.3 Å². The SMILES string of the molecule is N=C(N)c1ccc(CCNC(=O)c2csc([C@@H]3CCCN3C(=O)c3cn4cc(Cl)ccc4n3)n2)cc1. The van der Waals surface area contributed by atoms with E-state index in [0.717, 1.165) is 23.4 Å². The van der Waals surface area contributed by atoms with Gasteiger partial charge in [0.05, 0.1) is 11.1 Å². The molecule has 184 valence electrons. The summed E-state index contributed by atoms with van der Waals surface area (Å²) in [7, 11) is 0. The Kier molecular flexibility index (Phi) is 6.71. The lowest BCUT2D eigenvalue weighted by molar-refractivity contribution is 0.0730. The second-order valence-electron chi connectivity index (χ2n) is 8.58. The number of likely N-dealkylation sites (tertiary alicyclic amines) is 1. The van der Waals surface area contributed by atoms with E-state index in [4.69, 9.17) is 22.7 Å². The van der Waals surface area contributed by atoms with Gasteiger partial charge in [0.25, 0.3) is 11.8 Å². The van der Waals surface area contributed by atoms with Crippen LogP contribution in [0.25, 0.3) is 5.65 Å². The van der Waals surface area contributed by atoms with E-state index < -0.39 is 0 Å². The lowest BCUT2D eigenvalue weighted by Gasteiger charge is -2.22. The summed E-state index contributed by atoms with van der Waals surface area (Å²) in [5.74, 6) is -0.375. The lowest BCUT2D eigenvalue weighted by atomic mass is 10.1. The van der Waals surface area contributed by atoms with Gasteiger partial charge >= 0.3 is 0 Å². The number of amides is 2. The molecule has 1 saturated heterocycles. The minimum absolute atomic E-state index is 0.0278. The summed E-state index contributed by atoms with van der Waals surface area (Å²) >= 11 is 7.44. The van der Waals surface area contributed by atoms with Crippen molar-refractivity contribution in [3.8, 4) is 0 Å². The first-order valence-electron chi connectivity index (χ1n) is 11.5. The van der Waals surface area contributed by atoms with Crippen LogP contribution in [0.15, 0.2) is 54.2 Å². The molecule has 3 aromatic heterocycles. The average Bonchev–Trinajstić information content (AvgIpc) is 3.62. The van der Waals surface area contributed by atoms with Crippen LogP contribution in [0.1, 0.15) is 56.0 Å². The summed E-state index contributed by atoms with van der Waals surface area (Å²) in [6.07, 6.45) is 5.70. The summed E-state index contributed by atoms with van der Waals surface area (Å²) in [4.78, 5) is 36.7. The molecule has 1 atom stereocenters. The minimum atomic E-state index is -0.244. The van der Waals surface area contributed by atoms with Crippen LogP contribution < -0.4 is 11.1 Å². The number of hydrogen-bond donors (Lipinski definition) is 3. The molecule has 0 saturated carbocycles. The molecule has 1 aromatic carbocycles. The predicted molar refractivity (Wildman–Crippen MR) is 139 cm³/mol. The number of nitrogens with one attached hydrogen (secondary N) is 2. The number of amidine groups is 1. The van der Waals surface area contributed by atoms with Crippen LogP contribution in [-0.2, 0) is 6.42 Å². The van der Waals surface area contributed by atoms with Crippen molar-refractivity contribution in [1.29, 1.82) is 5.41 Å². The van der Waals surface area contributed by atoms with Gasteiger partial charge in [-0.1, -0.05) is 35.9 Å². The molecule has 1 fully saturated rings. The number of rotatable bonds is 7. The Morgan fingerprint density at radius 1 is 1.14 bits per heavy atom. The maximum atomic E-state index is 13.3. The van der Waals surface area contributed by atoms with Crippen LogP contribution in [0, 0.1) is 5.41 Å². The van der Waals surface area contributed by atoms with Gasteiger partial charge in [0, 0.05) is 36.4 Å². The van der Waals surface area contributed by atoms with Crippen molar-refractivity contribution in [2.45, 2.75) is 25.3 Å². The monoisotopic (exact) mass is 521 g/mol. The Labute approximate surface area is 216 Å². The van der Waals surface area contributed by atoms with Crippen LogP contribution in [0.2, 0.25) is 5.02 Å². The van der Waals surface area contributed by atoms with Crippen LogP contribution in [0.3, 0.4) is 0 Å². The summed E-state index contributed by atoms with van der Waals surface area (Å²) in [5, 5.41) is 13.4. The van der Waals surface area contributed by atoms with E-state index in [2.05, 4.69) is 15.3 Å². The number of pyridine rings is 1. The molecule has 5 rings (SSSR count). The number of aromatic nitrogens is 3. The number of benzene rings is 1. The van der Waals surface area contributed by atoms with Crippen molar-refractivity contribution in [2.24, 2.45) is 5.73 Å². The molecule has 4 N–H and O–H groups in total. The molecule has 4 aromatic rings. The first kappa shape index (κ1) is 24.0. The molecular formula is C25H24ClN7O2S. The lowest BCUT2D eigenvalue weighted by Crippen LogP contribution is -2.31. The summed E-state index contributed by atoms with van der Waals surface area (Å²) in [6.45, 7) is 1.07. The fourth-order valence-electron chi connectivity index (χ4n) is 4.29. The fourth-order valence-corrected chi connectivity index (χ4v) is 5.40. The third-order valence-electron chi connectivity index (χ3n) is 6.15. The van der Waals surface area contributed by atoms with Crippen molar-refractivity contribution >= 4 is 46.2 Å². The van der Waals surface area contributed by atoms with Gasteiger partial charge in [-0.2, -0.15) is 0 Å². The van der Waals surface area contributed by atoms with Gasteiger partial charge in [0.2, 0.25) is 0 Å². The van der Waals surface area contributed by atoms with Gasteiger partial charge < -0.3 is 20.4 Å². The van der Waals surface area contributed by atoms with Gasteiger partial charge in [-0.05, 0) is 37.0 Å². The van der Waals surface area contributed by atoms with Crippen molar-refractivity contribution in [3.63, 3.8) is 0 Å². The van der Waals surface area contributed by atoms with Crippen LogP contribution in [0.4, 0.5) is 0 Å². The standard InChI is InChI=1S/C25H24ClN7O2S/c26-17-7-8-21-30-18(13-32(21)12-17)25(35)33-11-1-2-20(33)24-31-19(14-36-24)23(34)29-10-9-15-3-5-16(6-4-15)22(27)28/h3-8,12-14,20H,1-2,9-11H2,(H3,27,28)(H,29,34)/t20-/m0/s1. The molecular weight excluding hydrogens is 498 g/mol. The van der Waals surface area contributed by atoms with Gasteiger partial charge in [-0.15, -0.1) is 11.3 Å². The number of halogens is 1. The van der Waals surface area contributed by atoms with Crippen LogP contribution >= 0.6 is 22.9 Å². The first-order valence-corrected chi connectivity index (χ1v) is 12.8. The smallest absolute Gasteiger partial charge is 0.274 e. The van der Waals surface area contributed by atoms with E-state index in [0.29, 0.717) is 47.1 Å². The fraction of sp³-hybridized carbons (Fsp3) is 0.240. The maximum Gasteiger partial charge on any atom is 0.274 e. The Morgan fingerprint density at radius 3 is 2.72 bits per heavy atom. The zero-order chi connectivity index (χ0) is 25.2. The molecule has 0 spiro atoms. The topological polar surface area (TPSA) is 129 Å². The molecule has 11 heteroatoms. The number of nitrogens with two attached hydrogens (primary N) is 1. The Hall–Kier alpha value is -3.76. The Balaban J connectivity index is 1.21. The van der Waals surface area contributed by atoms with E-state index in [-0.39, 0.29) is 23.7 Å². The summed E-state index contributed by atoms with van der Waals surface area (Å²) in [5.41, 5.74) is 8.55. The molecule has 0 radical (unpaired) electrons. The molecule has 36 heavy (non-hydrogen) atoms. The summed E-state index contributed by atoms with van der Waals surface area (Å²) < 4.78 is 1.74. The van der Waals surface area contributed by atoms with Crippen LogP contribution in [-0.4, -0.2) is 50.0 Å². The molecule has 0 aliphatic carbocycles. The van der Waals surface area contributed by atoms with E-state index >= 15 is 0 Å². The molecule has 0 unspecified atom stereocenters. The van der Waals surface area contributed by atoms with E-state index in [1.165, 1.54) is 11.3 Å². The quantitative estimate of drug-likeness (QED) is 0.252. The van der Waals surface area contributed by atoms with E-state index in [9.17, 15) is 9.59 Å². The number of carbonyl (C=O) groups is 2. The predicted octanol–water partition coefficient (Wildman–Crippen LogP) is 3.68. The van der Waals surface area contributed by atoms with Crippen LogP contribution in [0.5, 0.6) is 0 Å². The molecule has 9 nitrogen and oxygen atoms in total. The second-order valence-corrected chi connectivity index (χ2v) is 9.91. The number of nitrogens with zero attached hydrogens (tertiary/aromatic N) is 4. The average molecular weight is 522 g/mol. The van der Waals surface area contributed by atoms with E-state index in [1.807, 2.05) is 12.1 Å². The highest BCUT2D eigenvalue weighted by atomic mass is 35.5. The largest absolute Gasteiger partial charge is 0.384 e. The third kappa shape index (κ3) is 4.95. The normalized spacial score (nSPS) is 15.4. The molecule has 1 aliphatic heterocycles. The Morgan fingerprint density at radius 2 is 1.94 bits per heavy atom. The minimum Gasteiger partial charge on any atom is -0.384 e. The van der Waals surface area contributed by atoms with Crippen molar-refractivity contribution < 1.29 is 9.59 Å². The van der Waals surface area contributed by atoms with Crippen molar-refractivity contribution in [3.05, 3.63) is 86.7 Å². The number of hydrogen-bond acceptors (Lipinski definition) is 6. The highest BCUT2D eigenvalue weighted by molar-refractivity contribution is 7.09. The molecule has 2 amide bonds. The maximum absolute atomic E-state index is 13.3. The number of carbonyl (C=O) groups excluding carboxylic acids is 2. The number of thiazole rings is 1. The molecule has 1 aliphatic rings. The zero-order valence-corrected chi connectivity index (χ0v) is 20.9. The zero-order valence-electron chi connectivity index (χ0n) is 19.3. The molecule has 0 bridgehead atoms. The van der Waals surface area contributed by atoms with Gasteiger partial charge in [-0.25, -0.2) is 9.97 Å². The Bertz CT molecular complexity index is 1450. The summed E-state index contributed by atoms with van der Waals surface area (Å²) in [6, 6.07) is 10.7. The number of nitrogen functional groups attached to an aromatic ring is 1. The number of fused-ring (bicyclic) bond motifs is 1. The highest BCUT2D eigenvalue weighted by Gasteiger charge is 2.34. The van der Waals surface area contributed by atoms with Gasteiger partial charge in [-0.3, -0.25) is 15.0 Å². The van der Waals surface area contributed by atoms with Crippen molar-refractivity contribution in [1.82, 2.24) is 24.6 Å². The third-order valence-corrected chi connectivity index (χ3v) is 7.32. The first-order chi connectivity index (χ1) is 17.4. The molecule has 4 heterocycles. The second kappa shape index (κ2) is 10.1. The number of imidazole rings is 1. The van der Waals surface area contributed by atoms with Crippen molar-refractivity contribution in [2.75, 3.05) is 13.1 Å². The highest BCUT2D eigenvalue weighted by Crippen LogP contribution is 2.34. The van der Waals surface area contributed by atoms with Gasteiger partial charge in [0.15, 0.2) is 0 Å².